The van der Waals surface area contributed by atoms with Gasteiger partial charge in [0.1, 0.15) is 0 Å². The minimum Gasteiger partial charge on any atom is -0.378 e. The van der Waals surface area contributed by atoms with Gasteiger partial charge < -0.3 is 9.47 Å². The van der Waals surface area contributed by atoms with E-state index in [2.05, 4.69) is 41.5 Å². The average Bonchev–Trinajstić information content (AvgIpc) is 2.60. The summed E-state index contributed by atoms with van der Waals surface area (Å²) in [6, 6.07) is 0. The van der Waals surface area contributed by atoms with Gasteiger partial charge in [0.15, 0.2) is 9.84 Å². The Morgan fingerprint density at radius 2 is 0.963 bits per heavy atom. The highest BCUT2D eigenvalue weighted by atomic mass is 32.2. The highest BCUT2D eigenvalue weighted by Gasteiger charge is 2.46. The molecule has 160 valence electrons. The van der Waals surface area contributed by atoms with E-state index in [1.54, 1.807) is 0 Å². The summed E-state index contributed by atoms with van der Waals surface area (Å²) in [4.78, 5) is 0. The van der Waals surface area contributed by atoms with Crippen LogP contribution in [-0.2, 0) is 19.3 Å². The number of hydrogen-bond donors (Lipinski definition) is 0. The number of hydrogen-bond acceptors (Lipinski definition) is 4. The van der Waals surface area contributed by atoms with Crippen LogP contribution in [0, 0.1) is 23.7 Å². The van der Waals surface area contributed by atoms with E-state index in [9.17, 15) is 8.42 Å². The summed E-state index contributed by atoms with van der Waals surface area (Å²) >= 11 is 0. The van der Waals surface area contributed by atoms with Crippen LogP contribution in [0.15, 0.2) is 0 Å². The maximum Gasteiger partial charge on any atom is 0.156 e. The fraction of sp³-hybridized carbons (Fsp3) is 1.00. The molecule has 0 heterocycles. The first-order valence-corrected chi connectivity index (χ1v) is 12.8. The van der Waals surface area contributed by atoms with E-state index >= 15 is 0 Å². The molecule has 0 N–H and O–H groups in total. The van der Waals surface area contributed by atoms with Crippen LogP contribution >= 0.6 is 0 Å². The lowest BCUT2D eigenvalue weighted by molar-refractivity contribution is -0.0389. The second kappa shape index (κ2) is 10.1. The third-order valence-electron chi connectivity index (χ3n) is 6.74. The Kier molecular flexibility index (Phi) is 8.63. The molecule has 4 atom stereocenters. The fourth-order valence-corrected chi connectivity index (χ4v) is 8.31. The van der Waals surface area contributed by atoms with Gasteiger partial charge in [-0.1, -0.05) is 41.5 Å². The molecule has 2 aliphatic rings. The van der Waals surface area contributed by atoms with E-state index in [1.807, 2.05) is 0 Å². The van der Waals surface area contributed by atoms with Crippen LogP contribution < -0.4 is 0 Å². The molecule has 0 bridgehead atoms. The predicted molar refractivity (Wildman–Crippen MR) is 112 cm³/mol. The molecule has 2 rings (SSSR count). The summed E-state index contributed by atoms with van der Waals surface area (Å²) in [6.07, 6.45) is 5.41. The van der Waals surface area contributed by atoms with Gasteiger partial charge in [-0.3, -0.25) is 0 Å². The summed E-state index contributed by atoms with van der Waals surface area (Å²) in [5.41, 5.74) is 0. The summed E-state index contributed by atoms with van der Waals surface area (Å²) in [5.74, 6) is 1.22. The maximum atomic E-state index is 13.5. The minimum absolute atomic E-state index is 0.201. The molecule has 0 amide bonds. The van der Waals surface area contributed by atoms with Gasteiger partial charge in [-0.2, -0.15) is 0 Å². The standard InChI is InChI=1S/C22H42O4S/c1-7-9-25-21-15(3)11-19(12-16(21)4)27(23,24)20-13-17(5)22(18(6)14-20)26-10-8-2/h15-22H,7-14H2,1-6H3. The van der Waals surface area contributed by atoms with E-state index in [4.69, 9.17) is 9.47 Å². The second-order valence-electron chi connectivity index (χ2n) is 9.36. The van der Waals surface area contributed by atoms with Crippen molar-refractivity contribution in [3.63, 3.8) is 0 Å². The van der Waals surface area contributed by atoms with Crippen molar-refractivity contribution in [3.8, 4) is 0 Å². The van der Waals surface area contributed by atoms with Crippen LogP contribution in [0.4, 0.5) is 0 Å². The number of rotatable bonds is 8. The molecule has 0 aliphatic heterocycles. The van der Waals surface area contributed by atoms with Crippen molar-refractivity contribution in [1.82, 2.24) is 0 Å². The molecule has 0 aromatic heterocycles. The van der Waals surface area contributed by atoms with E-state index in [0.29, 0.717) is 23.7 Å². The van der Waals surface area contributed by atoms with Crippen LogP contribution in [0.3, 0.4) is 0 Å². The van der Waals surface area contributed by atoms with E-state index in [1.165, 1.54) is 0 Å². The maximum absolute atomic E-state index is 13.5. The van der Waals surface area contributed by atoms with Gasteiger partial charge in [0.2, 0.25) is 0 Å². The van der Waals surface area contributed by atoms with Crippen LogP contribution in [0.5, 0.6) is 0 Å². The molecular weight excluding hydrogens is 360 g/mol. The molecule has 0 aromatic carbocycles. The molecule has 4 unspecified atom stereocenters. The molecule has 2 aliphatic carbocycles. The first-order chi connectivity index (χ1) is 12.7. The molecule has 0 radical (unpaired) electrons. The molecule has 2 saturated carbocycles. The van der Waals surface area contributed by atoms with Crippen LogP contribution in [0.1, 0.15) is 80.1 Å². The largest absolute Gasteiger partial charge is 0.378 e. The first-order valence-electron chi connectivity index (χ1n) is 11.2. The fourth-order valence-electron chi connectivity index (χ4n) is 5.48. The Balaban J connectivity index is 2.04. The average molecular weight is 403 g/mol. The van der Waals surface area contributed by atoms with Gasteiger partial charge in [0.25, 0.3) is 0 Å². The molecule has 0 saturated heterocycles. The SMILES string of the molecule is CCCOC1C(C)CC(S(=O)(=O)C2CC(C)C(OCCC)C(C)C2)CC1C. The highest BCUT2D eigenvalue weighted by Crippen LogP contribution is 2.41. The smallest absolute Gasteiger partial charge is 0.156 e. The van der Waals surface area contributed by atoms with Gasteiger partial charge in [-0.25, -0.2) is 8.42 Å². The summed E-state index contributed by atoms with van der Waals surface area (Å²) in [7, 11) is -3.12. The van der Waals surface area contributed by atoms with Crippen molar-refractivity contribution >= 4 is 9.84 Å². The molecular formula is C22H42O4S. The Morgan fingerprint density at radius 1 is 0.667 bits per heavy atom. The topological polar surface area (TPSA) is 52.6 Å². The van der Waals surface area contributed by atoms with Crippen LogP contribution in [0.2, 0.25) is 0 Å². The van der Waals surface area contributed by atoms with Crippen LogP contribution in [0.25, 0.3) is 0 Å². The van der Waals surface area contributed by atoms with Gasteiger partial charge in [-0.05, 0) is 62.2 Å². The van der Waals surface area contributed by atoms with Crippen molar-refractivity contribution in [2.24, 2.45) is 23.7 Å². The van der Waals surface area contributed by atoms with Gasteiger partial charge in [-0.15, -0.1) is 0 Å². The predicted octanol–water partition coefficient (Wildman–Crippen LogP) is 4.86. The monoisotopic (exact) mass is 402 g/mol. The van der Waals surface area contributed by atoms with Crippen LogP contribution in [-0.4, -0.2) is 44.3 Å². The lowest BCUT2D eigenvalue weighted by atomic mass is 9.80. The van der Waals surface area contributed by atoms with Gasteiger partial charge in [0, 0.05) is 13.2 Å². The Bertz CT molecular complexity index is 481. The third-order valence-corrected chi connectivity index (χ3v) is 9.37. The molecule has 2 fully saturated rings. The number of ether oxygens (including phenoxy) is 2. The Labute approximate surface area is 167 Å². The van der Waals surface area contributed by atoms with Crippen molar-refractivity contribution in [2.45, 2.75) is 103 Å². The summed E-state index contributed by atoms with van der Waals surface area (Å²) < 4.78 is 39.0. The normalized spacial score (nSPS) is 40.8. The zero-order valence-corrected chi connectivity index (χ0v) is 19.1. The molecule has 0 aromatic rings. The zero-order chi connectivity index (χ0) is 20.2. The quantitative estimate of drug-likeness (QED) is 0.582. The number of sulfone groups is 1. The van der Waals surface area contributed by atoms with Gasteiger partial charge >= 0.3 is 0 Å². The Hall–Kier alpha value is -0.130. The lowest BCUT2D eigenvalue weighted by Gasteiger charge is -2.43. The zero-order valence-electron chi connectivity index (χ0n) is 18.3. The van der Waals surface area contributed by atoms with E-state index in [-0.39, 0.29) is 22.7 Å². The molecule has 5 heteroatoms. The lowest BCUT2D eigenvalue weighted by Crippen LogP contribution is -2.48. The van der Waals surface area contributed by atoms with Crippen molar-refractivity contribution < 1.29 is 17.9 Å². The second-order valence-corrected chi connectivity index (χ2v) is 11.9. The highest BCUT2D eigenvalue weighted by molar-refractivity contribution is 7.92. The summed E-state index contributed by atoms with van der Waals surface area (Å²) in [6.45, 7) is 14.4. The van der Waals surface area contributed by atoms with Crippen molar-refractivity contribution in [3.05, 3.63) is 0 Å². The van der Waals surface area contributed by atoms with Crippen molar-refractivity contribution in [1.29, 1.82) is 0 Å². The van der Waals surface area contributed by atoms with Gasteiger partial charge in [0.05, 0.1) is 22.7 Å². The Morgan fingerprint density at radius 3 is 1.22 bits per heavy atom. The summed E-state index contributed by atoms with van der Waals surface area (Å²) in [5, 5.41) is -0.414. The van der Waals surface area contributed by atoms with E-state index < -0.39 is 9.84 Å². The van der Waals surface area contributed by atoms with E-state index in [0.717, 1.165) is 51.7 Å². The minimum atomic E-state index is -3.12. The molecule has 0 spiro atoms. The molecule has 27 heavy (non-hydrogen) atoms. The molecule has 4 nitrogen and oxygen atoms in total. The third kappa shape index (κ3) is 5.48. The first kappa shape index (κ1) is 23.2. The van der Waals surface area contributed by atoms with Crippen molar-refractivity contribution in [2.75, 3.05) is 13.2 Å².